The van der Waals surface area contributed by atoms with Gasteiger partial charge < -0.3 is 18.9 Å². The van der Waals surface area contributed by atoms with Crippen LogP contribution < -0.4 is 0 Å². The van der Waals surface area contributed by atoms with Crippen molar-refractivity contribution in [3.05, 3.63) is 30.2 Å². The van der Waals surface area contributed by atoms with Crippen LogP contribution in [0.25, 0.3) is 0 Å². The number of carbonyl (C=O) groups is 1. The number of morpholine rings is 1. The van der Waals surface area contributed by atoms with Gasteiger partial charge in [0, 0.05) is 12.5 Å². The number of aryl methyl sites for hydroxylation is 1. The zero-order valence-electron chi connectivity index (χ0n) is 12.9. The fraction of sp³-hybridized carbons (Fsp3) is 0.625. The normalized spacial score (nSPS) is 27.7. The molecule has 0 N–H and O–H groups in total. The van der Waals surface area contributed by atoms with Gasteiger partial charge in [0.2, 0.25) is 0 Å². The van der Waals surface area contributed by atoms with Gasteiger partial charge in [-0.2, -0.15) is 0 Å². The van der Waals surface area contributed by atoms with E-state index in [9.17, 15) is 4.79 Å². The summed E-state index contributed by atoms with van der Waals surface area (Å²) in [5.41, 5.74) is 1.18. The van der Waals surface area contributed by atoms with E-state index in [1.165, 1.54) is 6.26 Å². The Balaban J connectivity index is 1.69. The Hall–Kier alpha value is -1.66. The Kier molecular flexibility index (Phi) is 4.59. The third-order valence-corrected chi connectivity index (χ3v) is 4.53. The maximum atomic E-state index is 12.7. The first kappa shape index (κ1) is 15.2. The minimum Gasteiger partial charge on any atom is -0.377 e. The van der Waals surface area contributed by atoms with Crippen LogP contribution in [0.4, 0.5) is 0 Å². The summed E-state index contributed by atoms with van der Waals surface area (Å²) in [6.07, 6.45) is 5.20. The number of hydrogen-bond acceptors (Lipinski definition) is 5. The number of carbonyl (C=O) groups excluding carboxylic acids is 1. The van der Waals surface area contributed by atoms with E-state index in [1.54, 1.807) is 13.0 Å². The highest BCUT2D eigenvalue weighted by molar-refractivity contribution is 5.95. The number of aromatic nitrogens is 1. The summed E-state index contributed by atoms with van der Waals surface area (Å²) in [6.45, 7) is 7.83. The van der Waals surface area contributed by atoms with Gasteiger partial charge in [-0.25, -0.2) is 0 Å². The molecule has 1 amide bonds. The van der Waals surface area contributed by atoms with Crippen LogP contribution in [0.3, 0.4) is 0 Å². The molecule has 2 fully saturated rings. The summed E-state index contributed by atoms with van der Waals surface area (Å²) in [5, 5.41) is 3.80. The Labute approximate surface area is 130 Å². The van der Waals surface area contributed by atoms with Gasteiger partial charge >= 0.3 is 0 Å². The maximum absolute atomic E-state index is 12.7. The standard InChI is InChI=1S/C16H22N2O4/c1-3-7-20-9-12-4-5-14-15(12)21-8-6-18(14)16(19)13-10-22-17-11(13)2/h3,10,12,14-15H,1,4-9H2,2H3/t12-,14+,15-/m0/s1. The molecule has 22 heavy (non-hydrogen) atoms. The van der Waals surface area contributed by atoms with Gasteiger partial charge in [-0.1, -0.05) is 11.2 Å². The van der Waals surface area contributed by atoms with Crippen LogP contribution in [-0.2, 0) is 9.47 Å². The Morgan fingerprint density at radius 1 is 1.59 bits per heavy atom. The van der Waals surface area contributed by atoms with Gasteiger partial charge in [0.1, 0.15) is 11.8 Å². The lowest BCUT2D eigenvalue weighted by Gasteiger charge is -2.39. The third-order valence-electron chi connectivity index (χ3n) is 4.53. The third kappa shape index (κ3) is 2.80. The molecule has 3 atom stereocenters. The summed E-state index contributed by atoms with van der Waals surface area (Å²) in [5.74, 6) is 0.328. The van der Waals surface area contributed by atoms with Crippen LogP contribution in [0.2, 0.25) is 0 Å². The molecule has 0 aromatic carbocycles. The first-order valence-corrected chi connectivity index (χ1v) is 7.74. The summed E-state index contributed by atoms with van der Waals surface area (Å²) < 4.78 is 16.4. The highest BCUT2D eigenvalue weighted by Crippen LogP contribution is 2.35. The first-order chi connectivity index (χ1) is 10.7. The maximum Gasteiger partial charge on any atom is 0.259 e. The Bertz CT molecular complexity index is 542. The van der Waals surface area contributed by atoms with E-state index in [1.807, 2.05) is 4.90 Å². The van der Waals surface area contributed by atoms with Crippen molar-refractivity contribution in [3.8, 4) is 0 Å². The van der Waals surface area contributed by atoms with Crippen molar-refractivity contribution in [1.29, 1.82) is 0 Å². The number of ether oxygens (including phenoxy) is 2. The molecule has 0 spiro atoms. The van der Waals surface area contributed by atoms with Gasteiger partial charge in [-0.05, 0) is 19.8 Å². The lowest BCUT2D eigenvalue weighted by atomic mass is 10.0. The number of fused-ring (bicyclic) bond motifs is 1. The highest BCUT2D eigenvalue weighted by atomic mass is 16.5. The molecule has 1 saturated heterocycles. The minimum atomic E-state index is -0.00953. The van der Waals surface area contributed by atoms with E-state index in [0.29, 0.717) is 43.5 Å². The molecule has 2 heterocycles. The molecule has 2 aliphatic rings. The highest BCUT2D eigenvalue weighted by Gasteiger charge is 2.44. The zero-order valence-corrected chi connectivity index (χ0v) is 12.9. The summed E-state index contributed by atoms with van der Waals surface area (Å²) >= 11 is 0. The molecule has 120 valence electrons. The van der Waals surface area contributed by atoms with Crippen LogP contribution in [0.5, 0.6) is 0 Å². The zero-order chi connectivity index (χ0) is 15.5. The lowest BCUT2D eigenvalue weighted by molar-refractivity contribution is -0.0738. The monoisotopic (exact) mass is 306 g/mol. The molecule has 1 aromatic heterocycles. The molecule has 0 radical (unpaired) electrons. The van der Waals surface area contributed by atoms with E-state index >= 15 is 0 Å². The van der Waals surface area contributed by atoms with Crippen molar-refractivity contribution in [2.45, 2.75) is 31.9 Å². The van der Waals surface area contributed by atoms with Crippen LogP contribution in [0.1, 0.15) is 28.9 Å². The van der Waals surface area contributed by atoms with Crippen molar-refractivity contribution in [2.24, 2.45) is 5.92 Å². The minimum absolute atomic E-state index is 0.00953. The van der Waals surface area contributed by atoms with Crippen molar-refractivity contribution in [2.75, 3.05) is 26.4 Å². The largest absolute Gasteiger partial charge is 0.377 e. The molecule has 0 bridgehead atoms. The summed E-state index contributed by atoms with van der Waals surface area (Å²) in [4.78, 5) is 14.6. The summed E-state index contributed by atoms with van der Waals surface area (Å²) in [7, 11) is 0. The van der Waals surface area contributed by atoms with Crippen molar-refractivity contribution >= 4 is 5.91 Å². The number of nitrogens with zero attached hydrogens (tertiary/aromatic N) is 2. The van der Waals surface area contributed by atoms with Gasteiger partial charge in [-0.15, -0.1) is 6.58 Å². The van der Waals surface area contributed by atoms with Crippen LogP contribution >= 0.6 is 0 Å². The number of hydrogen-bond donors (Lipinski definition) is 0. The molecule has 1 saturated carbocycles. The van der Waals surface area contributed by atoms with E-state index in [-0.39, 0.29) is 18.1 Å². The van der Waals surface area contributed by atoms with E-state index < -0.39 is 0 Å². The summed E-state index contributed by atoms with van der Waals surface area (Å²) in [6, 6.07) is 0.118. The van der Waals surface area contributed by atoms with Gasteiger partial charge in [0.05, 0.1) is 37.7 Å². The molecule has 6 nitrogen and oxygen atoms in total. The van der Waals surface area contributed by atoms with E-state index in [2.05, 4.69) is 11.7 Å². The molecule has 1 aliphatic carbocycles. The second-order valence-corrected chi connectivity index (χ2v) is 5.88. The number of rotatable bonds is 5. The van der Waals surface area contributed by atoms with Crippen molar-refractivity contribution in [3.63, 3.8) is 0 Å². The molecule has 6 heteroatoms. The van der Waals surface area contributed by atoms with Gasteiger partial charge in [0.25, 0.3) is 5.91 Å². The molecule has 1 aromatic rings. The second kappa shape index (κ2) is 6.62. The topological polar surface area (TPSA) is 64.8 Å². The Morgan fingerprint density at radius 2 is 2.45 bits per heavy atom. The Morgan fingerprint density at radius 3 is 3.18 bits per heavy atom. The van der Waals surface area contributed by atoms with Gasteiger partial charge in [0.15, 0.2) is 0 Å². The number of amides is 1. The molecule has 1 aliphatic heterocycles. The smallest absolute Gasteiger partial charge is 0.259 e. The van der Waals surface area contributed by atoms with Crippen LogP contribution in [0, 0.1) is 12.8 Å². The van der Waals surface area contributed by atoms with Crippen LogP contribution in [-0.4, -0.2) is 54.5 Å². The average molecular weight is 306 g/mol. The molecular weight excluding hydrogens is 284 g/mol. The fourth-order valence-electron chi connectivity index (χ4n) is 3.45. The predicted octanol–water partition coefficient (Wildman–Crippen LogP) is 1.81. The molecule has 3 rings (SSSR count). The predicted molar refractivity (Wildman–Crippen MR) is 79.5 cm³/mol. The quantitative estimate of drug-likeness (QED) is 0.613. The lowest BCUT2D eigenvalue weighted by Crippen LogP contribution is -2.53. The van der Waals surface area contributed by atoms with E-state index in [4.69, 9.17) is 14.0 Å². The first-order valence-electron chi connectivity index (χ1n) is 7.74. The van der Waals surface area contributed by atoms with Crippen molar-refractivity contribution in [1.82, 2.24) is 10.1 Å². The molecule has 0 unspecified atom stereocenters. The molecular formula is C16H22N2O4. The van der Waals surface area contributed by atoms with Crippen molar-refractivity contribution < 1.29 is 18.8 Å². The van der Waals surface area contributed by atoms with Gasteiger partial charge in [-0.3, -0.25) is 4.79 Å². The fourth-order valence-corrected chi connectivity index (χ4v) is 3.45. The SMILES string of the molecule is C=CCOC[C@@H]1CC[C@@H]2[C@H]1OCCN2C(=O)c1conc1C. The average Bonchev–Trinajstić information content (AvgIpc) is 3.13. The van der Waals surface area contributed by atoms with E-state index in [0.717, 1.165) is 12.8 Å². The van der Waals surface area contributed by atoms with Crippen LogP contribution in [0.15, 0.2) is 23.4 Å². The second-order valence-electron chi connectivity index (χ2n) is 5.88.